The highest BCUT2D eigenvalue weighted by molar-refractivity contribution is 7.90. The first-order valence-electron chi connectivity index (χ1n) is 6.08. The highest BCUT2D eigenvalue weighted by atomic mass is 32.2. The van der Waals surface area contributed by atoms with Gasteiger partial charge < -0.3 is 4.74 Å². The summed E-state index contributed by atoms with van der Waals surface area (Å²) in [6.45, 7) is 0.0175. The van der Waals surface area contributed by atoms with Crippen molar-refractivity contribution < 1.29 is 26.3 Å². The number of sulfone groups is 1. The zero-order chi connectivity index (χ0) is 16.5. The monoisotopic (exact) mass is 334 g/mol. The van der Waals surface area contributed by atoms with Gasteiger partial charge in [-0.25, -0.2) is 13.1 Å². The Morgan fingerprint density at radius 2 is 1.95 bits per heavy atom. The van der Waals surface area contributed by atoms with Gasteiger partial charge in [0, 0.05) is 19.6 Å². The van der Waals surface area contributed by atoms with Crippen molar-refractivity contribution in [2.75, 3.05) is 13.4 Å². The summed E-state index contributed by atoms with van der Waals surface area (Å²) in [5.74, 6) is 0. The zero-order valence-corrected chi connectivity index (χ0v) is 12.6. The van der Waals surface area contributed by atoms with Gasteiger partial charge in [0.05, 0.1) is 17.2 Å². The lowest BCUT2D eigenvalue weighted by Crippen LogP contribution is -2.08. The molecular formula is C13H13F3N2O3S. The van der Waals surface area contributed by atoms with Crippen LogP contribution in [0.2, 0.25) is 0 Å². The van der Waals surface area contributed by atoms with Crippen molar-refractivity contribution in [2.45, 2.75) is 17.7 Å². The number of methoxy groups -OCH3 is 1. The van der Waals surface area contributed by atoms with Gasteiger partial charge in [0.1, 0.15) is 0 Å². The van der Waals surface area contributed by atoms with E-state index in [0.717, 1.165) is 23.2 Å². The maximum Gasteiger partial charge on any atom is 0.435 e. The molecule has 1 aromatic heterocycles. The number of benzene rings is 1. The van der Waals surface area contributed by atoms with Crippen molar-refractivity contribution in [3.63, 3.8) is 0 Å². The number of alkyl halides is 3. The molecule has 0 saturated carbocycles. The number of aromatic nitrogens is 2. The van der Waals surface area contributed by atoms with Gasteiger partial charge >= 0.3 is 6.18 Å². The quantitative estimate of drug-likeness (QED) is 0.862. The van der Waals surface area contributed by atoms with E-state index in [9.17, 15) is 21.6 Å². The van der Waals surface area contributed by atoms with Crippen LogP contribution in [0.25, 0.3) is 5.69 Å². The molecule has 0 unspecified atom stereocenters. The van der Waals surface area contributed by atoms with Crippen molar-refractivity contribution in [2.24, 2.45) is 0 Å². The molecule has 0 radical (unpaired) electrons. The topological polar surface area (TPSA) is 61.2 Å². The maximum atomic E-state index is 12.6. The normalized spacial score (nSPS) is 12.6. The third kappa shape index (κ3) is 3.47. The third-order valence-electron chi connectivity index (χ3n) is 2.89. The number of nitrogens with zero attached hydrogens (tertiary/aromatic N) is 2. The van der Waals surface area contributed by atoms with E-state index in [4.69, 9.17) is 4.74 Å². The Kier molecular flexibility index (Phi) is 4.30. The number of rotatable bonds is 4. The minimum atomic E-state index is -4.53. The molecule has 0 bridgehead atoms. The van der Waals surface area contributed by atoms with Crippen molar-refractivity contribution in [3.8, 4) is 5.69 Å². The standard InChI is InChI=1S/C13H13F3N2O3S/c1-21-8-9-7-10(3-4-11(9)22(2,19)20)18-6-5-12(17-18)13(14,15)16/h3-7H,8H2,1-2H3. The fourth-order valence-corrected chi connectivity index (χ4v) is 2.87. The fourth-order valence-electron chi connectivity index (χ4n) is 1.96. The van der Waals surface area contributed by atoms with Crippen LogP contribution in [-0.2, 0) is 27.4 Å². The summed E-state index contributed by atoms with van der Waals surface area (Å²) in [5, 5.41) is 3.45. The van der Waals surface area contributed by atoms with E-state index < -0.39 is 21.7 Å². The van der Waals surface area contributed by atoms with E-state index in [0.29, 0.717) is 11.3 Å². The Balaban J connectivity index is 2.49. The Labute approximate surface area is 125 Å². The molecule has 0 fully saturated rings. The number of halogens is 3. The first kappa shape index (κ1) is 16.5. The molecule has 0 spiro atoms. The van der Waals surface area contributed by atoms with Gasteiger partial charge in [-0.2, -0.15) is 18.3 Å². The number of hydrogen-bond acceptors (Lipinski definition) is 4. The van der Waals surface area contributed by atoms with Crippen molar-refractivity contribution in [3.05, 3.63) is 41.7 Å². The fraction of sp³-hybridized carbons (Fsp3) is 0.308. The van der Waals surface area contributed by atoms with Crippen LogP contribution in [-0.4, -0.2) is 31.6 Å². The highest BCUT2D eigenvalue weighted by Gasteiger charge is 2.33. The summed E-state index contributed by atoms with van der Waals surface area (Å²) in [6.07, 6.45) is -2.32. The Bertz CT molecular complexity index is 782. The summed E-state index contributed by atoms with van der Waals surface area (Å²) in [6, 6.07) is 5.00. The lowest BCUT2D eigenvalue weighted by Gasteiger charge is -2.10. The van der Waals surface area contributed by atoms with Crippen molar-refractivity contribution in [1.29, 1.82) is 0 Å². The molecule has 0 amide bonds. The SMILES string of the molecule is COCc1cc(-n2ccc(C(F)(F)F)n2)ccc1S(C)(=O)=O. The summed E-state index contributed by atoms with van der Waals surface area (Å²) in [7, 11) is -2.07. The van der Waals surface area contributed by atoms with Gasteiger partial charge in [0.15, 0.2) is 15.5 Å². The van der Waals surface area contributed by atoms with E-state index in [1.807, 2.05) is 0 Å². The number of ether oxygens (including phenoxy) is 1. The van der Waals surface area contributed by atoms with Crippen LogP contribution in [0, 0.1) is 0 Å². The van der Waals surface area contributed by atoms with Crippen LogP contribution in [0.4, 0.5) is 13.2 Å². The van der Waals surface area contributed by atoms with Crippen molar-refractivity contribution >= 4 is 9.84 Å². The van der Waals surface area contributed by atoms with Gasteiger partial charge in [0.2, 0.25) is 0 Å². The Hall–Kier alpha value is -1.87. The predicted octanol–water partition coefficient (Wildman–Crippen LogP) is 2.44. The molecule has 0 atom stereocenters. The lowest BCUT2D eigenvalue weighted by atomic mass is 10.2. The molecule has 9 heteroatoms. The molecule has 1 heterocycles. The van der Waals surface area contributed by atoms with Crippen LogP contribution in [0.1, 0.15) is 11.3 Å². The van der Waals surface area contributed by atoms with Crippen LogP contribution >= 0.6 is 0 Å². The smallest absolute Gasteiger partial charge is 0.380 e. The van der Waals surface area contributed by atoms with Gasteiger partial charge in [-0.1, -0.05) is 0 Å². The second-order valence-corrected chi connectivity index (χ2v) is 6.62. The molecule has 0 aliphatic carbocycles. The largest absolute Gasteiger partial charge is 0.435 e. The zero-order valence-electron chi connectivity index (χ0n) is 11.8. The van der Waals surface area contributed by atoms with E-state index in [1.54, 1.807) is 0 Å². The molecule has 0 aliphatic heterocycles. The minimum absolute atomic E-state index is 0.0175. The highest BCUT2D eigenvalue weighted by Crippen LogP contribution is 2.28. The van der Waals surface area contributed by atoms with Crippen LogP contribution in [0.15, 0.2) is 35.4 Å². The average molecular weight is 334 g/mol. The summed E-state index contributed by atoms with van der Waals surface area (Å²) in [5.41, 5.74) is -0.352. The lowest BCUT2D eigenvalue weighted by molar-refractivity contribution is -0.141. The van der Waals surface area contributed by atoms with E-state index in [-0.39, 0.29) is 11.5 Å². The Morgan fingerprint density at radius 3 is 2.45 bits per heavy atom. The van der Waals surface area contributed by atoms with Gasteiger partial charge in [-0.05, 0) is 29.8 Å². The molecule has 5 nitrogen and oxygen atoms in total. The van der Waals surface area contributed by atoms with Crippen LogP contribution in [0.3, 0.4) is 0 Å². The molecular weight excluding hydrogens is 321 g/mol. The number of hydrogen-bond donors (Lipinski definition) is 0. The minimum Gasteiger partial charge on any atom is -0.380 e. The van der Waals surface area contributed by atoms with E-state index >= 15 is 0 Å². The predicted molar refractivity (Wildman–Crippen MR) is 72.4 cm³/mol. The molecule has 0 N–H and O–H groups in total. The maximum absolute atomic E-state index is 12.6. The molecule has 120 valence electrons. The van der Waals surface area contributed by atoms with Crippen LogP contribution in [0.5, 0.6) is 0 Å². The Morgan fingerprint density at radius 1 is 1.27 bits per heavy atom. The van der Waals surface area contributed by atoms with E-state index in [1.165, 1.54) is 25.3 Å². The van der Waals surface area contributed by atoms with Gasteiger partial charge in [0.25, 0.3) is 0 Å². The second kappa shape index (κ2) is 5.73. The summed E-state index contributed by atoms with van der Waals surface area (Å²) < 4.78 is 67.0. The average Bonchev–Trinajstić information content (AvgIpc) is 2.87. The molecule has 2 rings (SSSR count). The summed E-state index contributed by atoms with van der Waals surface area (Å²) >= 11 is 0. The summed E-state index contributed by atoms with van der Waals surface area (Å²) in [4.78, 5) is 0.0706. The molecule has 0 saturated heterocycles. The van der Waals surface area contributed by atoms with Crippen LogP contribution < -0.4 is 0 Å². The molecule has 22 heavy (non-hydrogen) atoms. The van der Waals surface area contributed by atoms with Gasteiger partial charge in [-0.3, -0.25) is 0 Å². The molecule has 1 aromatic carbocycles. The first-order chi connectivity index (χ1) is 10.1. The van der Waals surface area contributed by atoms with Crippen molar-refractivity contribution in [1.82, 2.24) is 9.78 Å². The molecule has 2 aromatic rings. The second-order valence-electron chi connectivity index (χ2n) is 4.64. The van der Waals surface area contributed by atoms with E-state index in [2.05, 4.69) is 5.10 Å². The molecule has 0 aliphatic rings. The third-order valence-corrected chi connectivity index (χ3v) is 4.08. The van der Waals surface area contributed by atoms with Gasteiger partial charge in [-0.15, -0.1) is 0 Å². The first-order valence-corrected chi connectivity index (χ1v) is 7.97.